The number of aryl methyl sites for hydroxylation is 1. The Kier molecular flexibility index (Phi) is 6.11. The van der Waals surface area contributed by atoms with Crippen molar-refractivity contribution in [2.75, 3.05) is 37.7 Å². The average Bonchev–Trinajstić information content (AvgIpc) is 2.79. The summed E-state index contributed by atoms with van der Waals surface area (Å²) in [7, 11) is 0. The van der Waals surface area contributed by atoms with Crippen molar-refractivity contribution in [1.29, 1.82) is 0 Å². The first-order chi connectivity index (χ1) is 14.7. The lowest BCUT2D eigenvalue weighted by molar-refractivity contribution is 0.103. The molecule has 3 heterocycles. The molecule has 2 aromatic heterocycles. The first-order valence-electron chi connectivity index (χ1n) is 10.1. The van der Waals surface area contributed by atoms with Crippen molar-refractivity contribution in [2.45, 2.75) is 13.3 Å². The predicted octanol–water partition coefficient (Wildman–Crippen LogP) is 2.42. The molecule has 3 aromatic rings. The fraction of sp³-hybridized carbons (Fsp3) is 0.304. The van der Waals surface area contributed by atoms with Gasteiger partial charge < -0.3 is 15.4 Å². The molecule has 1 aromatic carbocycles. The smallest absolute Gasteiger partial charge is 0.193 e. The van der Waals surface area contributed by atoms with Crippen LogP contribution in [0.2, 0.25) is 0 Å². The molecular weight excluding hydrogens is 378 g/mol. The lowest BCUT2D eigenvalue weighted by atomic mass is 9.97. The summed E-state index contributed by atoms with van der Waals surface area (Å²) in [4.78, 5) is 29.1. The molecule has 7 heteroatoms. The highest BCUT2D eigenvalue weighted by atomic mass is 16.5. The number of aromatic nitrogens is 3. The van der Waals surface area contributed by atoms with E-state index in [0.29, 0.717) is 42.3 Å². The second kappa shape index (κ2) is 9.11. The van der Waals surface area contributed by atoms with Gasteiger partial charge in [0.15, 0.2) is 11.6 Å². The van der Waals surface area contributed by atoms with Gasteiger partial charge in [-0.15, -0.1) is 0 Å². The second-order valence-electron chi connectivity index (χ2n) is 7.28. The van der Waals surface area contributed by atoms with E-state index < -0.39 is 0 Å². The van der Waals surface area contributed by atoms with E-state index in [2.05, 4.69) is 19.9 Å². The molecule has 0 atom stereocenters. The van der Waals surface area contributed by atoms with E-state index in [9.17, 15) is 4.79 Å². The number of ketones is 1. The highest BCUT2D eigenvalue weighted by Crippen LogP contribution is 2.25. The van der Waals surface area contributed by atoms with Crippen LogP contribution in [0.3, 0.4) is 0 Å². The van der Waals surface area contributed by atoms with Crippen LogP contribution in [0, 0.1) is 6.92 Å². The number of pyridine rings is 1. The van der Waals surface area contributed by atoms with E-state index in [0.717, 1.165) is 36.6 Å². The van der Waals surface area contributed by atoms with Gasteiger partial charge in [0.05, 0.1) is 13.2 Å². The minimum atomic E-state index is -0.0692. The summed E-state index contributed by atoms with van der Waals surface area (Å²) >= 11 is 0. The van der Waals surface area contributed by atoms with Crippen molar-refractivity contribution >= 4 is 11.6 Å². The van der Waals surface area contributed by atoms with Gasteiger partial charge in [0.25, 0.3) is 0 Å². The van der Waals surface area contributed by atoms with E-state index in [-0.39, 0.29) is 5.78 Å². The molecule has 154 valence electrons. The largest absolute Gasteiger partial charge is 0.378 e. The van der Waals surface area contributed by atoms with Gasteiger partial charge in [-0.25, -0.2) is 15.0 Å². The van der Waals surface area contributed by atoms with Crippen LogP contribution in [0.25, 0.3) is 11.4 Å². The molecule has 1 saturated heterocycles. The number of ether oxygens (including phenoxy) is 1. The Morgan fingerprint density at radius 3 is 2.60 bits per heavy atom. The van der Waals surface area contributed by atoms with Crippen molar-refractivity contribution in [1.82, 2.24) is 15.0 Å². The van der Waals surface area contributed by atoms with Gasteiger partial charge in [-0.05, 0) is 37.6 Å². The maximum Gasteiger partial charge on any atom is 0.193 e. The molecule has 0 aliphatic carbocycles. The molecule has 7 nitrogen and oxygen atoms in total. The van der Waals surface area contributed by atoms with Crippen LogP contribution in [0.1, 0.15) is 27.2 Å². The van der Waals surface area contributed by atoms with Crippen molar-refractivity contribution in [2.24, 2.45) is 5.73 Å². The molecule has 0 amide bonds. The summed E-state index contributed by atoms with van der Waals surface area (Å²) in [5.41, 5.74) is 9.28. The SMILES string of the molecule is Cc1cc(C(=O)c2ccccc2-c2ncc(CCN)cn2)cc(N2CCOCC2)n1. The second-order valence-corrected chi connectivity index (χ2v) is 7.28. The van der Waals surface area contributed by atoms with Crippen LogP contribution in [-0.4, -0.2) is 53.6 Å². The molecule has 0 unspecified atom stereocenters. The number of carbonyl (C=O) groups is 1. The van der Waals surface area contributed by atoms with Crippen LogP contribution >= 0.6 is 0 Å². The molecule has 30 heavy (non-hydrogen) atoms. The normalized spacial score (nSPS) is 14.0. The van der Waals surface area contributed by atoms with E-state index >= 15 is 0 Å². The van der Waals surface area contributed by atoms with Crippen molar-refractivity contribution in [3.8, 4) is 11.4 Å². The van der Waals surface area contributed by atoms with Crippen LogP contribution in [0.5, 0.6) is 0 Å². The Bertz CT molecular complexity index is 1030. The fourth-order valence-corrected chi connectivity index (χ4v) is 3.56. The highest BCUT2D eigenvalue weighted by molar-refractivity contribution is 6.12. The van der Waals surface area contributed by atoms with E-state index in [4.69, 9.17) is 10.5 Å². The number of anilines is 1. The first kappa shape index (κ1) is 20.1. The molecule has 0 bridgehead atoms. The Morgan fingerprint density at radius 2 is 1.87 bits per heavy atom. The Labute approximate surface area is 175 Å². The zero-order valence-corrected chi connectivity index (χ0v) is 17.0. The Balaban J connectivity index is 1.68. The number of morpholine rings is 1. The summed E-state index contributed by atoms with van der Waals surface area (Å²) in [6, 6.07) is 11.1. The molecule has 2 N–H and O–H groups in total. The topological polar surface area (TPSA) is 94.2 Å². The third-order valence-electron chi connectivity index (χ3n) is 5.09. The fourth-order valence-electron chi connectivity index (χ4n) is 3.56. The van der Waals surface area contributed by atoms with Gasteiger partial charge in [-0.1, -0.05) is 24.3 Å². The molecule has 4 rings (SSSR count). The number of nitrogens with zero attached hydrogens (tertiary/aromatic N) is 4. The molecule has 0 radical (unpaired) electrons. The Morgan fingerprint density at radius 1 is 1.13 bits per heavy atom. The lowest BCUT2D eigenvalue weighted by Gasteiger charge is -2.28. The lowest BCUT2D eigenvalue weighted by Crippen LogP contribution is -2.37. The third kappa shape index (κ3) is 4.37. The van der Waals surface area contributed by atoms with Gasteiger partial charge in [-0.2, -0.15) is 0 Å². The van der Waals surface area contributed by atoms with Crippen molar-refractivity contribution in [3.63, 3.8) is 0 Å². The van der Waals surface area contributed by atoms with Crippen LogP contribution < -0.4 is 10.6 Å². The maximum absolute atomic E-state index is 13.5. The summed E-state index contributed by atoms with van der Waals surface area (Å²) in [6.45, 7) is 5.32. The van der Waals surface area contributed by atoms with E-state index in [1.165, 1.54) is 0 Å². The monoisotopic (exact) mass is 403 g/mol. The van der Waals surface area contributed by atoms with Gasteiger partial charge in [0.2, 0.25) is 0 Å². The predicted molar refractivity (Wildman–Crippen MR) is 116 cm³/mol. The molecule has 1 aliphatic heterocycles. The van der Waals surface area contributed by atoms with Crippen LogP contribution in [0.4, 0.5) is 5.82 Å². The highest BCUT2D eigenvalue weighted by Gasteiger charge is 2.19. The van der Waals surface area contributed by atoms with Gasteiger partial charge in [-0.3, -0.25) is 4.79 Å². The minimum Gasteiger partial charge on any atom is -0.378 e. The maximum atomic E-state index is 13.5. The molecule has 0 saturated carbocycles. The molecule has 1 aliphatic rings. The molecule has 1 fully saturated rings. The van der Waals surface area contributed by atoms with Gasteiger partial charge in [0.1, 0.15) is 5.82 Å². The van der Waals surface area contributed by atoms with Crippen LogP contribution in [-0.2, 0) is 11.2 Å². The number of carbonyl (C=O) groups excluding carboxylic acids is 1. The van der Waals surface area contributed by atoms with Crippen molar-refractivity contribution in [3.05, 3.63) is 71.2 Å². The minimum absolute atomic E-state index is 0.0692. The number of benzene rings is 1. The zero-order chi connectivity index (χ0) is 20.9. The number of hydrogen-bond acceptors (Lipinski definition) is 7. The van der Waals surface area contributed by atoms with Gasteiger partial charge >= 0.3 is 0 Å². The Hall–Kier alpha value is -3.16. The van der Waals surface area contributed by atoms with E-state index in [1.807, 2.05) is 43.3 Å². The summed E-state index contributed by atoms with van der Waals surface area (Å²) in [5, 5.41) is 0. The zero-order valence-electron chi connectivity index (χ0n) is 17.0. The quantitative estimate of drug-likeness (QED) is 0.632. The summed E-state index contributed by atoms with van der Waals surface area (Å²) in [5.74, 6) is 1.26. The molecule has 0 spiro atoms. The van der Waals surface area contributed by atoms with Crippen molar-refractivity contribution < 1.29 is 9.53 Å². The summed E-state index contributed by atoms with van der Waals surface area (Å²) < 4.78 is 5.43. The standard InChI is InChI=1S/C23H25N5O2/c1-16-12-18(13-21(27-16)28-8-10-30-11-9-28)22(29)19-4-2-3-5-20(19)23-25-14-17(6-7-24)15-26-23/h2-5,12-15H,6-11,24H2,1H3. The van der Waals surface area contributed by atoms with Crippen LogP contribution in [0.15, 0.2) is 48.8 Å². The van der Waals surface area contributed by atoms with Gasteiger partial charge in [0, 0.05) is 47.9 Å². The number of hydrogen-bond donors (Lipinski definition) is 1. The first-order valence-corrected chi connectivity index (χ1v) is 10.1. The number of nitrogens with two attached hydrogens (primary N) is 1. The number of rotatable bonds is 6. The average molecular weight is 403 g/mol. The third-order valence-corrected chi connectivity index (χ3v) is 5.09. The van der Waals surface area contributed by atoms with E-state index in [1.54, 1.807) is 12.4 Å². The molecular formula is C23H25N5O2. The summed E-state index contributed by atoms with van der Waals surface area (Å²) in [6.07, 6.45) is 4.26.